The van der Waals surface area contributed by atoms with Crippen LogP contribution >= 0.6 is 24.0 Å². The van der Waals surface area contributed by atoms with Crippen LogP contribution in [0.3, 0.4) is 0 Å². The molecule has 0 aliphatic carbocycles. The summed E-state index contributed by atoms with van der Waals surface area (Å²) in [4.78, 5) is 31.4. The first-order valence-electron chi connectivity index (χ1n) is 14.1. The van der Waals surface area contributed by atoms with Gasteiger partial charge in [0.15, 0.2) is 0 Å². The van der Waals surface area contributed by atoms with E-state index in [-0.39, 0.29) is 17.0 Å². The summed E-state index contributed by atoms with van der Waals surface area (Å²) in [7, 11) is 1.64. The molecule has 3 heterocycles. The Balaban J connectivity index is 1.71. The molecule has 2 fully saturated rings. The number of piperidine rings is 1. The van der Waals surface area contributed by atoms with Gasteiger partial charge in [0.2, 0.25) is 0 Å². The molecule has 1 aromatic heterocycles. The van der Waals surface area contributed by atoms with Crippen molar-refractivity contribution in [3.05, 3.63) is 67.8 Å². The van der Waals surface area contributed by atoms with Gasteiger partial charge in [-0.1, -0.05) is 67.7 Å². The quantitative estimate of drug-likeness (QED) is 0.197. The molecule has 9 heteroatoms. The monoisotopic (exact) mass is 578 g/mol. The Kier molecular flexibility index (Phi) is 10.6. The maximum absolute atomic E-state index is 13.6. The van der Waals surface area contributed by atoms with Crippen molar-refractivity contribution in [1.29, 1.82) is 5.26 Å². The topological polar surface area (TPSA) is 78.6 Å². The zero-order chi connectivity index (χ0) is 28.6. The molecule has 40 heavy (non-hydrogen) atoms. The molecule has 1 amide bonds. The lowest BCUT2D eigenvalue weighted by atomic mass is 9.90. The lowest BCUT2D eigenvalue weighted by Gasteiger charge is -2.36. The fraction of sp³-hybridized carbons (Fsp3) is 0.484. The lowest BCUT2D eigenvalue weighted by Crippen LogP contribution is -2.40. The molecule has 0 bridgehead atoms. The van der Waals surface area contributed by atoms with Crippen LogP contribution in [-0.2, 0) is 22.5 Å². The number of unbranched alkanes of at least 4 members (excludes halogenated alkanes) is 1. The molecule has 0 saturated carbocycles. The van der Waals surface area contributed by atoms with Crippen molar-refractivity contribution in [3.63, 3.8) is 0 Å². The molecule has 2 aromatic rings. The number of carbonyl (C=O) groups excluding carboxylic acids is 1. The third-order valence-corrected chi connectivity index (χ3v) is 9.12. The van der Waals surface area contributed by atoms with Gasteiger partial charge < -0.3 is 9.64 Å². The van der Waals surface area contributed by atoms with Crippen LogP contribution in [-0.4, -0.2) is 53.0 Å². The van der Waals surface area contributed by atoms with E-state index in [0.717, 1.165) is 56.6 Å². The normalized spacial score (nSPS) is 17.2. The van der Waals surface area contributed by atoms with Crippen LogP contribution < -0.4 is 10.5 Å². The van der Waals surface area contributed by atoms with Crippen LogP contribution in [0.2, 0.25) is 0 Å². The predicted molar refractivity (Wildman–Crippen MR) is 167 cm³/mol. The van der Waals surface area contributed by atoms with Gasteiger partial charge in [-0.15, -0.1) is 0 Å². The number of anilines is 1. The molecule has 212 valence electrons. The summed E-state index contributed by atoms with van der Waals surface area (Å²) in [5.74, 6) is 1.25. The molecule has 0 unspecified atom stereocenters. The van der Waals surface area contributed by atoms with Crippen LogP contribution in [0.4, 0.5) is 5.82 Å². The molecule has 4 rings (SSSR count). The zero-order valence-electron chi connectivity index (χ0n) is 23.6. The van der Waals surface area contributed by atoms with E-state index >= 15 is 0 Å². The second-order valence-electron chi connectivity index (χ2n) is 10.5. The van der Waals surface area contributed by atoms with Crippen LogP contribution in [0.25, 0.3) is 6.08 Å². The van der Waals surface area contributed by atoms with E-state index in [2.05, 4.69) is 42.2 Å². The maximum atomic E-state index is 13.6. The van der Waals surface area contributed by atoms with Gasteiger partial charge in [-0.2, -0.15) is 5.26 Å². The highest BCUT2D eigenvalue weighted by molar-refractivity contribution is 8.26. The Hall–Kier alpha value is -2.93. The summed E-state index contributed by atoms with van der Waals surface area (Å²) in [5.41, 5.74) is 2.63. The summed E-state index contributed by atoms with van der Waals surface area (Å²) in [6.07, 6.45) is 7.37. The van der Waals surface area contributed by atoms with Crippen molar-refractivity contribution in [1.82, 2.24) is 9.47 Å². The predicted octanol–water partition coefficient (Wildman–Crippen LogP) is 5.53. The molecule has 0 N–H and O–H groups in total. The largest absolute Gasteiger partial charge is 0.385 e. The van der Waals surface area contributed by atoms with Crippen LogP contribution in [0.15, 0.2) is 40.0 Å². The van der Waals surface area contributed by atoms with Crippen molar-refractivity contribution in [2.45, 2.75) is 58.9 Å². The summed E-state index contributed by atoms with van der Waals surface area (Å²) < 4.78 is 7.44. The Morgan fingerprint density at radius 2 is 1.88 bits per heavy atom. The number of nitrogens with zero attached hydrogens (tertiary/aromatic N) is 4. The van der Waals surface area contributed by atoms with Gasteiger partial charge in [0, 0.05) is 45.5 Å². The highest BCUT2D eigenvalue weighted by atomic mass is 32.2. The van der Waals surface area contributed by atoms with Crippen molar-refractivity contribution >= 4 is 46.1 Å². The number of hydrogen-bond donors (Lipinski definition) is 0. The first-order chi connectivity index (χ1) is 19.4. The summed E-state index contributed by atoms with van der Waals surface area (Å²) in [6.45, 7) is 7.11. The van der Waals surface area contributed by atoms with Gasteiger partial charge in [-0.3, -0.25) is 19.1 Å². The van der Waals surface area contributed by atoms with E-state index in [9.17, 15) is 14.9 Å². The number of thioether (sulfide) groups is 1. The number of ether oxygens (including phenoxy) is 1. The van der Waals surface area contributed by atoms with Gasteiger partial charge in [0.1, 0.15) is 21.8 Å². The number of aromatic nitrogens is 1. The SMILES string of the molecule is CCCCn1c(N2CCC(Cc3ccccc3)CC2)c(/C=C2/SC(=S)N(CCCOC)C2=O)c(C)c(C#N)c1=O. The molecule has 2 aliphatic rings. The first-order valence-corrected chi connectivity index (χ1v) is 15.3. The number of methoxy groups -OCH3 is 1. The van der Waals surface area contributed by atoms with Crippen molar-refractivity contribution in [2.24, 2.45) is 5.92 Å². The lowest BCUT2D eigenvalue weighted by molar-refractivity contribution is -0.122. The Morgan fingerprint density at radius 1 is 1.15 bits per heavy atom. The Bertz CT molecular complexity index is 1360. The van der Waals surface area contributed by atoms with E-state index in [1.165, 1.54) is 17.3 Å². The Morgan fingerprint density at radius 3 is 2.52 bits per heavy atom. The zero-order valence-corrected chi connectivity index (χ0v) is 25.3. The van der Waals surface area contributed by atoms with E-state index in [0.29, 0.717) is 46.8 Å². The van der Waals surface area contributed by atoms with Crippen molar-refractivity contribution in [3.8, 4) is 6.07 Å². The fourth-order valence-corrected chi connectivity index (χ4v) is 6.79. The minimum Gasteiger partial charge on any atom is -0.385 e. The number of hydrogen-bond acceptors (Lipinski definition) is 7. The molecule has 2 aliphatic heterocycles. The van der Waals surface area contributed by atoms with Crippen molar-refractivity contribution in [2.75, 3.05) is 38.3 Å². The number of pyridine rings is 1. The molecular formula is C31H38N4O3S2. The van der Waals surface area contributed by atoms with Gasteiger partial charge in [-0.05, 0) is 62.1 Å². The maximum Gasteiger partial charge on any atom is 0.270 e. The second kappa shape index (κ2) is 14.1. The molecule has 0 atom stereocenters. The number of rotatable bonds is 11. The number of carbonyl (C=O) groups is 1. The standard InChI is InChI=1S/C31H38N4O3S2/c1-4-5-14-34-28(33-16-12-24(13-17-33)19-23-10-7-6-8-11-23)25(22(2)26(21-32)29(34)36)20-27-30(37)35(31(39)40-27)15-9-18-38-3/h6-8,10-11,20,24H,4-5,9,12-19H2,1-3H3/b27-20+. The van der Waals surface area contributed by atoms with Crippen LogP contribution in [0.5, 0.6) is 0 Å². The molecular weight excluding hydrogens is 541 g/mol. The average Bonchev–Trinajstić information content (AvgIpc) is 3.22. The fourth-order valence-electron chi connectivity index (χ4n) is 5.50. The van der Waals surface area contributed by atoms with Crippen molar-refractivity contribution < 1.29 is 9.53 Å². The number of nitriles is 1. The minimum absolute atomic E-state index is 0.136. The minimum atomic E-state index is -0.251. The summed E-state index contributed by atoms with van der Waals surface area (Å²) >= 11 is 6.82. The highest BCUT2D eigenvalue weighted by Crippen LogP contribution is 2.37. The van der Waals surface area contributed by atoms with E-state index in [1.807, 2.05) is 19.1 Å². The highest BCUT2D eigenvalue weighted by Gasteiger charge is 2.33. The Labute approximate surface area is 246 Å². The second-order valence-corrected chi connectivity index (χ2v) is 12.1. The molecule has 2 saturated heterocycles. The van der Waals surface area contributed by atoms with E-state index < -0.39 is 0 Å². The van der Waals surface area contributed by atoms with Gasteiger partial charge in [-0.25, -0.2) is 0 Å². The number of amides is 1. The van der Waals surface area contributed by atoms with Crippen LogP contribution in [0, 0.1) is 24.2 Å². The molecule has 1 aromatic carbocycles. The third kappa shape index (κ3) is 6.68. The molecule has 7 nitrogen and oxygen atoms in total. The summed E-state index contributed by atoms with van der Waals surface area (Å²) in [5, 5.41) is 9.96. The van der Waals surface area contributed by atoms with Gasteiger partial charge in [0.05, 0.1) is 4.91 Å². The number of thiocarbonyl (C=S) groups is 1. The van der Waals surface area contributed by atoms with Gasteiger partial charge >= 0.3 is 0 Å². The average molecular weight is 579 g/mol. The van der Waals surface area contributed by atoms with Crippen LogP contribution in [0.1, 0.15) is 61.3 Å². The first kappa shape index (κ1) is 30.0. The van der Waals surface area contributed by atoms with E-state index in [1.54, 1.807) is 16.6 Å². The van der Waals surface area contributed by atoms with E-state index in [4.69, 9.17) is 17.0 Å². The smallest absolute Gasteiger partial charge is 0.270 e. The summed E-state index contributed by atoms with van der Waals surface area (Å²) in [6, 6.07) is 12.7. The molecule has 0 radical (unpaired) electrons. The van der Waals surface area contributed by atoms with Gasteiger partial charge in [0.25, 0.3) is 11.5 Å². The molecule has 0 spiro atoms. The third-order valence-electron chi connectivity index (χ3n) is 7.74. The number of benzene rings is 1.